The number of fused-ring (bicyclic) bond motifs is 1. The number of hydrogen-bond acceptors (Lipinski definition) is 2. The summed E-state index contributed by atoms with van der Waals surface area (Å²) in [6.07, 6.45) is 12.6. The van der Waals surface area contributed by atoms with E-state index in [1.54, 1.807) is 0 Å². The largest absolute Gasteiger partial charge is 0.454 e. The molecule has 0 amide bonds. The number of rotatable bonds is 4. The van der Waals surface area contributed by atoms with Crippen LogP contribution < -0.4 is 9.47 Å². The highest BCUT2D eigenvalue weighted by Gasteiger charge is 2.13. The summed E-state index contributed by atoms with van der Waals surface area (Å²) in [4.78, 5) is 0. The molecule has 2 heteroatoms. The van der Waals surface area contributed by atoms with Crippen LogP contribution in [-0.4, -0.2) is 6.79 Å². The highest BCUT2D eigenvalue weighted by atomic mass is 16.7. The second-order valence-electron chi connectivity index (χ2n) is 5.20. The first kappa shape index (κ1) is 11.6. The molecule has 0 spiro atoms. The van der Waals surface area contributed by atoms with Crippen molar-refractivity contribution in [2.75, 3.05) is 6.79 Å². The second kappa shape index (κ2) is 5.47. The summed E-state index contributed by atoms with van der Waals surface area (Å²) in [5.74, 6) is 2.62. The van der Waals surface area contributed by atoms with Gasteiger partial charge in [-0.3, -0.25) is 0 Å². The van der Waals surface area contributed by atoms with Gasteiger partial charge in [-0.2, -0.15) is 0 Å². The van der Waals surface area contributed by atoms with E-state index in [1.807, 2.05) is 6.07 Å². The van der Waals surface area contributed by atoms with Gasteiger partial charge in [0.15, 0.2) is 11.5 Å². The molecule has 2 nitrogen and oxygen atoms in total. The van der Waals surface area contributed by atoms with Crippen LogP contribution in [0.25, 0.3) is 0 Å². The molecule has 18 heavy (non-hydrogen) atoms. The Kier molecular flexibility index (Phi) is 3.54. The van der Waals surface area contributed by atoms with Crippen molar-refractivity contribution in [3.63, 3.8) is 0 Å². The van der Waals surface area contributed by atoms with Gasteiger partial charge in [0.05, 0.1) is 0 Å². The molecule has 1 fully saturated rings. The highest BCUT2D eigenvalue weighted by Crippen LogP contribution is 2.32. The molecule has 0 aromatic heterocycles. The van der Waals surface area contributed by atoms with Gasteiger partial charge in [-0.05, 0) is 49.3 Å². The topological polar surface area (TPSA) is 18.5 Å². The molecular formula is C16H20O2. The number of benzene rings is 1. The smallest absolute Gasteiger partial charge is 0.231 e. The van der Waals surface area contributed by atoms with E-state index in [-0.39, 0.29) is 0 Å². The fourth-order valence-corrected chi connectivity index (χ4v) is 2.78. The van der Waals surface area contributed by atoms with Crippen molar-refractivity contribution in [3.8, 4) is 11.5 Å². The maximum absolute atomic E-state index is 5.39. The number of allylic oxidation sites excluding steroid dienone is 2. The summed E-state index contributed by atoms with van der Waals surface area (Å²) in [6, 6.07) is 6.25. The Morgan fingerprint density at radius 2 is 1.94 bits per heavy atom. The first-order valence-corrected chi connectivity index (χ1v) is 6.97. The van der Waals surface area contributed by atoms with Gasteiger partial charge in [-0.15, -0.1) is 0 Å². The third-order valence-electron chi connectivity index (χ3n) is 3.84. The summed E-state index contributed by atoms with van der Waals surface area (Å²) in [5, 5.41) is 0. The van der Waals surface area contributed by atoms with Crippen LogP contribution in [0.3, 0.4) is 0 Å². The lowest BCUT2D eigenvalue weighted by Gasteiger charge is -2.02. The van der Waals surface area contributed by atoms with Crippen molar-refractivity contribution >= 4 is 0 Å². The molecule has 1 aliphatic heterocycles. The lowest BCUT2D eigenvalue weighted by atomic mass is 10.1. The van der Waals surface area contributed by atoms with Gasteiger partial charge >= 0.3 is 0 Å². The fraction of sp³-hybridized carbons (Fsp3) is 0.500. The van der Waals surface area contributed by atoms with E-state index in [2.05, 4.69) is 24.3 Å². The Hall–Kier alpha value is -1.44. The van der Waals surface area contributed by atoms with Crippen molar-refractivity contribution in [2.45, 2.75) is 38.5 Å². The number of hydrogen-bond donors (Lipinski definition) is 0. The third kappa shape index (κ3) is 2.69. The van der Waals surface area contributed by atoms with Crippen molar-refractivity contribution in [2.24, 2.45) is 5.92 Å². The van der Waals surface area contributed by atoms with E-state index in [4.69, 9.17) is 9.47 Å². The maximum Gasteiger partial charge on any atom is 0.231 e. The summed E-state index contributed by atoms with van der Waals surface area (Å²) in [7, 11) is 0. The van der Waals surface area contributed by atoms with E-state index >= 15 is 0 Å². The van der Waals surface area contributed by atoms with Crippen LogP contribution in [0.1, 0.15) is 37.7 Å². The van der Waals surface area contributed by atoms with E-state index in [0.717, 1.165) is 30.3 Å². The molecule has 1 aliphatic carbocycles. The van der Waals surface area contributed by atoms with Crippen molar-refractivity contribution in [1.82, 2.24) is 0 Å². The van der Waals surface area contributed by atoms with Gasteiger partial charge in [0.25, 0.3) is 0 Å². The lowest BCUT2D eigenvalue weighted by Crippen LogP contribution is -1.92. The average molecular weight is 244 g/mol. The normalized spacial score (nSPS) is 18.9. The average Bonchev–Trinajstić information content (AvgIpc) is 3.05. The summed E-state index contributed by atoms with van der Waals surface area (Å²) in [6.45, 7) is 0.361. The van der Waals surface area contributed by atoms with Crippen LogP contribution in [0.4, 0.5) is 0 Å². The Morgan fingerprint density at radius 3 is 2.83 bits per heavy atom. The van der Waals surface area contributed by atoms with Crippen LogP contribution in [0.2, 0.25) is 0 Å². The molecule has 0 unspecified atom stereocenters. The summed E-state index contributed by atoms with van der Waals surface area (Å²) < 4.78 is 10.7. The molecule has 0 N–H and O–H groups in total. The zero-order valence-corrected chi connectivity index (χ0v) is 10.7. The van der Waals surface area contributed by atoms with Crippen molar-refractivity contribution < 1.29 is 9.47 Å². The Balaban J connectivity index is 1.50. The highest BCUT2D eigenvalue weighted by molar-refractivity contribution is 5.44. The van der Waals surface area contributed by atoms with Crippen molar-refractivity contribution in [1.29, 1.82) is 0 Å². The minimum Gasteiger partial charge on any atom is -0.454 e. The van der Waals surface area contributed by atoms with Crippen LogP contribution in [0, 0.1) is 5.92 Å². The Labute approximate surface area is 109 Å². The van der Waals surface area contributed by atoms with Crippen LogP contribution in [0.5, 0.6) is 11.5 Å². The lowest BCUT2D eigenvalue weighted by molar-refractivity contribution is 0.174. The molecule has 1 aromatic rings. The molecule has 1 aromatic carbocycles. The summed E-state index contributed by atoms with van der Waals surface area (Å²) in [5.41, 5.74) is 1.33. The molecule has 96 valence electrons. The van der Waals surface area contributed by atoms with Crippen molar-refractivity contribution in [3.05, 3.63) is 35.9 Å². The Morgan fingerprint density at radius 1 is 1.11 bits per heavy atom. The molecule has 1 heterocycles. The SMILES string of the molecule is C(=C\C1CCCC1)/CCc1ccc2c(c1)OCO2. The Bertz CT molecular complexity index is 431. The predicted octanol–water partition coefficient (Wildman–Crippen LogP) is 4.09. The molecule has 3 rings (SSSR count). The molecular weight excluding hydrogens is 224 g/mol. The predicted molar refractivity (Wildman–Crippen MR) is 72.0 cm³/mol. The zero-order chi connectivity index (χ0) is 12.2. The van der Waals surface area contributed by atoms with Gasteiger partial charge in [0.2, 0.25) is 6.79 Å². The molecule has 1 saturated carbocycles. The molecule has 0 saturated heterocycles. The third-order valence-corrected chi connectivity index (χ3v) is 3.84. The summed E-state index contributed by atoms with van der Waals surface area (Å²) >= 11 is 0. The zero-order valence-electron chi connectivity index (χ0n) is 10.7. The standard InChI is InChI=1S/C16H20O2/c1-2-6-13(5-1)7-3-4-8-14-9-10-15-16(11-14)18-12-17-15/h3,7,9-11,13H,1-2,4-6,8,12H2/b7-3+. The fourth-order valence-electron chi connectivity index (χ4n) is 2.78. The molecule has 2 aliphatic rings. The minimum absolute atomic E-state index is 0.361. The van der Waals surface area contributed by atoms with E-state index in [9.17, 15) is 0 Å². The molecule has 0 atom stereocenters. The van der Waals surface area contributed by atoms with Crippen LogP contribution in [-0.2, 0) is 6.42 Å². The van der Waals surface area contributed by atoms with E-state index in [1.165, 1.54) is 31.2 Å². The van der Waals surface area contributed by atoms with E-state index < -0.39 is 0 Å². The first-order chi connectivity index (χ1) is 8.92. The van der Waals surface area contributed by atoms with Gasteiger partial charge in [0, 0.05) is 0 Å². The van der Waals surface area contributed by atoms with Crippen LogP contribution >= 0.6 is 0 Å². The van der Waals surface area contributed by atoms with Gasteiger partial charge < -0.3 is 9.47 Å². The van der Waals surface area contributed by atoms with E-state index in [0.29, 0.717) is 6.79 Å². The van der Waals surface area contributed by atoms with Gasteiger partial charge in [-0.1, -0.05) is 31.1 Å². The molecule has 0 bridgehead atoms. The maximum atomic E-state index is 5.39. The monoisotopic (exact) mass is 244 g/mol. The van der Waals surface area contributed by atoms with Crippen LogP contribution in [0.15, 0.2) is 30.4 Å². The second-order valence-corrected chi connectivity index (χ2v) is 5.20. The quantitative estimate of drug-likeness (QED) is 0.742. The minimum atomic E-state index is 0.361. The van der Waals surface area contributed by atoms with Gasteiger partial charge in [0.1, 0.15) is 0 Å². The van der Waals surface area contributed by atoms with Gasteiger partial charge in [-0.25, -0.2) is 0 Å². The number of aryl methyl sites for hydroxylation is 1. The first-order valence-electron chi connectivity index (χ1n) is 6.97. The molecule has 0 radical (unpaired) electrons. The number of ether oxygens (including phenoxy) is 2.